The van der Waals surface area contributed by atoms with E-state index in [9.17, 15) is 66.3 Å². The van der Waals surface area contributed by atoms with Gasteiger partial charge in [-0.3, -0.25) is 27.8 Å². The van der Waals surface area contributed by atoms with Gasteiger partial charge >= 0.3 is 5.97 Å². The summed E-state index contributed by atoms with van der Waals surface area (Å²) in [5, 5.41) is 0.470. The second-order valence-corrected chi connectivity index (χ2v) is 22.1. The zero-order chi connectivity index (χ0) is 46.8. The van der Waals surface area contributed by atoms with Gasteiger partial charge in [-0.25, -0.2) is 4.79 Å². The molecule has 3 heterocycles. The van der Waals surface area contributed by atoms with Crippen molar-refractivity contribution >= 4 is 75.3 Å². The van der Waals surface area contributed by atoms with Gasteiger partial charge in [-0.1, -0.05) is 31.1 Å². The number of rotatable bonds is 20. The van der Waals surface area contributed by atoms with E-state index in [0.29, 0.717) is 59.1 Å². The fraction of sp³-hybridized carbons (Fsp3) is 0.450. The largest absolute Gasteiger partial charge is 0.344 e. The first-order chi connectivity index (χ1) is 29.1. The second-order valence-electron chi connectivity index (χ2n) is 16.1. The first-order valence-corrected chi connectivity index (χ1v) is 25.9. The summed E-state index contributed by atoms with van der Waals surface area (Å²) in [7, 11) is -18.0. The van der Waals surface area contributed by atoms with Crippen LogP contribution in [0.25, 0.3) is 0 Å². The fourth-order valence-electron chi connectivity index (χ4n) is 8.36. The molecule has 0 spiro atoms. The molecule has 3 aliphatic heterocycles. The third kappa shape index (κ3) is 11.8. The number of hydroxylamine groups is 2. The third-order valence-corrected chi connectivity index (χ3v) is 14.6. The summed E-state index contributed by atoms with van der Waals surface area (Å²) in [5.74, 6) is -3.10. The molecule has 2 amide bonds. The van der Waals surface area contributed by atoms with Crippen LogP contribution in [0.5, 0.6) is 0 Å². The Bertz CT molecular complexity index is 2740. The van der Waals surface area contributed by atoms with Gasteiger partial charge in [0.1, 0.15) is 4.90 Å². The zero-order valence-electron chi connectivity index (χ0n) is 34.7. The van der Waals surface area contributed by atoms with Gasteiger partial charge in [-0.05, 0) is 82.4 Å². The third-order valence-electron chi connectivity index (χ3n) is 11.3. The predicted octanol–water partition coefficient (Wildman–Crippen LogP) is 4.79. The van der Waals surface area contributed by atoms with E-state index in [-0.39, 0.29) is 60.4 Å². The molecule has 0 bridgehead atoms. The number of hydrogen-bond acceptors (Lipinski definition) is 13. The molecule has 3 aliphatic rings. The number of nitrogens with zero attached hydrogens (tertiary/aromatic N) is 3. The van der Waals surface area contributed by atoms with Crippen LogP contribution in [0.1, 0.15) is 96.1 Å². The zero-order valence-corrected chi connectivity index (χ0v) is 38.0. The minimum absolute atomic E-state index is 0.00433. The molecular formula is C40H50N3O16S4+. The van der Waals surface area contributed by atoms with Crippen LogP contribution in [0.4, 0.5) is 11.4 Å². The highest BCUT2D eigenvalue weighted by Crippen LogP contribution is 2.51. The lowest BCUT2D eigenvalue weighted by Gasteiger charge is -2.30. The maximum Gasteiger partial charge on any atom is 0.333 e. The molecule has 19 nitrogen and oxygen atoms in total. The molecule has 1 fully saturated rings. The molecular weight excluding hydrogens is 907 g/mol. The van der Waals surface area contributed by atoms with E-state index in [1.807, 2.05) is 6.92 Å². The summed E-state index contributed by atoms with van der Waals surface area (Å²) < 4.78 is 137. The van der Waals surface area contributed by atoms with Gasteiger partial charge in [0.2, 0.25) is 5.69 Å². The summed E-state index contributed by atoms with van der Waals surface area (Å²) in [6.45, 7) is 5.34. The molecule has 0 aliphatic carbocycles. The Morgan fingerprint density at radius 1 is 0.794 bits per heavy atom. The highest BCUT2D eigenvalue weighted by molar-refractivity contribution is 7.86. The van der Waals surface area contributed by atoms with Gasteiger partial charge in [-0.15, -0.1) is 5.06 Å². The Kier molecular flexibility index (Phi) is 14.8. The number of anilines is 1. The van der Waals surface area contributed by atoms with Crippen LogP contribution in [0.2, 0.25) is 0 Å². The van der Waals surface area contributed by atoms with Crippen molar-refractivity contribution < 1.29 is 75.7 Å². The summed E-state index contributed by atoms with van der Waals surface area (Å²) in [4.78, 5) is 42.2. The Morgan fingerprint density at radius 2 is 1.44 bits per heavy atom. The molecule has 23 heteroatoms. The molecule has 2 aromatic rings. The monoisotopic (exact) mass is 956 g/mol. The number of carbonyl (C=O) groups excluding carboxylic acids is 3. The molecule has 0 aromatic heterocycles. The van der Waals surface area contributed by atoms with E-state index < -0.39 is 80.6 Å². The van der Waals surface area contributed by atoms with E-state index in [2.05, 4.69) is 0 Å². The van der Waals surface area contributed by atoms with Gasteiger partial charge in [-0.2, -0.15) is 38.2 Å². The minimum Gasteiger partial charge on any atom is -0.344 e. The van der Waals surface area contributed by atoms with Gasteiger partial charge < -0.3 is 9.74 Å². The first-order valence-electron chi connectivity index (χ1n) is 19.8. The van der Waals surface area contributed by atoms with Crippen molar-refractivity contribution in [3.8, 4) is 0 Å². The lowest BCUT2D eigenvalue weighted by Crippen LogP contribution is -2.32. The second kappa shape index (κ2) is 18.8. The molecule has 63 heavy (non-hydrogen) atoms. The standard InChI is InChI=1S/C40H49N3O16S4/c1-39(2)33(16-11-25-60(47,48)49)42(31-13-10-14-32(38(31)39)63(56,57)58)23-9-5-6-15-34-40(3,22-8-4-7-17-37(46)59-43-35(44)20-21-36(43)45)29-27-28(62(53,54)55)18-19-30(29)41(34)24-12-26-61(50,51)52/h5-6,9-10,13-15,18-19,23,27H,4,7-8,11-12,16-17,20-22,24-26H2,1-3H3,(H3-,47,48,49,50,51,52,53,54,55,56,57,58)/p+1/b6-5+,23-9+,34-15+. The van der Waals surface area contributed by atoms with Crippen LogP contribution in [0.15, 0.2) is 82.4 Å². The van der Waals surface area contributed by atoms with Crippen molar-refractivity contribution in [3.05, 3.63) is 83.7 Å². The highest BCUT2D eigenvalue weighted by atomic mass is 32.2. The van der Waals surface area contributed by atoms with Crippen LogP contribution in [0, 0.1) is 0 Å². The highest BCUT2D eigenvalue weighted by Gasteiger charge is 2.48. The number of allylic oxidation sites excluding steroid dienone is 5. The van der Waals surface area contributed by atoms with E-state index in [1.165, 1.54) is 30.3 Å². The number of amides is 2. The molecule has 4 N–H and O–H groups in total. The maximum absolute atomic E-state index is 12.5. The molecule has 0 saturated carbocycles. The predicted molar refractivity (Wildman–Crippen MR) is 228 cm³/mol. The Hall–Kier alpha value is -4.62. The number of carbonyl (C=O) groups is 3. The van der Waals surface area contributed by atoms with E-state index in [1.54, 1.807) is 59.9 Å². The van der Waals surface area contributed by atoms with E-state index in [0.717, 1.165) is 0 Å². The van der Waals surface area contributed by atoms with Crippen LogP contribution < -0.4 is 4.90 Å². The SMILES string of the molecule is CC1(C)C(CCCS(=O)(=O)O)=[N+](/C=C/C=C/C=C2/N(CCCS(=O)(=O)O)c3ccc(S(=O)(=O)O)cc3C2(C)CCCCCC(=O)ON2C(=O)CCC2=O)c2cccc(S(=O)(=O)O)c21. The van der Waals surface area contributed by atoms with Crippen molar-refractivity contribution in [3.63, 3.8) is 0 Å². The van der Waals surface area contributed by atoms with E-state index in [4.69, 9.17) is 4.84 Å². The van der Waals surface area contributed by atoms with Crippen molar-refractivity contribution in [1.29, 1.82) is 0 Å². The van der Waals surface area contributed by atoms with Crippen molar-refractivity contribution in [1.82, 2.24) is 5.06 Å². The van der Waals surface area contributed by atoms with Crippen LogP contribution in [-0.4, -0.2) is 103 Å². The molecule has 1 unspecified atom stereocenters. The van der Waals surface area contributed by atoms with Gasteiger partial charge in [0.05, 0.1) is 27.4 Å². The van der Waals surface area contributed by atoms with Crippen molar-refractivity contribution in [2.24, 2.45) is 0 Å². The Labute approximate surface area is 366 Å². The summed E-state index contributed by atoms with van der Waals surface area (Å²) in [6, 6.07) is 8.38. The maximum atomic E-state index is 12.5. The molecule has 2 aromatic carbocycles. The van der Waals surface area contributed by atoms with Gasteiger partial charge in [0.15, 0.2) is 11.9 Å². The topological polar surface area (TPSA) is 287 Å². The molecule has 1 saturated heterocycles. The first kappa shape index (κ1) is 49.4. The molecule has 344 valence electrons. The lowest BCUT2D eigenvalue weighted by molar-refractivity contribution is -0.359. The number of benzene rings is 2. The summed E-state index contributed by atoms with van der Waals surface area (Å²) in [6.07, 6.45) is 9.66. The van der Waals surface area contributed by atoms with Gasteiger partial charge in [0, 0.05) is 61.2 Å². The minimum atomic E-state index is -4.68. The lowest BCUT2D eigenvalue weighted by atomic mass is 9.77. The quantitative estimate of drug-likeness (QED) is 0.0456. The normalized spacial score (nSPS) is 19.9. The van der Waals surface area contributed by atoms with Gasteiger partial charge in [0.25, 0.3) is 52.3 Å². The van der Waals surface area contributed by atoms with E-state index >= 15 is 0 Å². The summed E-state index contributed by atoms with van der Waals surface area (Å²) >= 11 is 0. The number of unbranched alkanes of at least 4 members (excludes halogenated alkanes) is 2. The Balaban J connectivity index is 1.49. The molecule has 5 rings (SSSR count). The van der Waals surface area contributed by atoms with Crippen LogP contribution in [-0.2, 0) is 70.5 Å². The smallest absolute Gasteiger partial charge is 0.333 e. The van der Waals surface area contributed by atoms with Crippen molar-refractivity contribution in [2.45, 2.75) is 106 Å². The average Bonchev–Trinajstić information content (AvgIpc) is 3.68. The average molecular weight is 957 g/mol. The fourth-order valence-corrected chi connectivity index (χ4v) is 10.7. The number of fused-ring (bicyclic) bond motifs is 2. The molecule has 1 atom stereocenters. The number of hydrogen-bond donors (Lipinski definition) is 4. The number of imide groups is 1. The van der Waals surface area contributed by atoms with Crippen LogP contribution >= 0.6 is 0 Å². The summed E-state index contributed by atoms with van der Waals surface area (Å²) in [5.41, 5.74) is 0.823. The Morgan fingerprint density at radius 3 is 2.06 bits per heavy atom. The molecule has 0 radical (unpaired) electrons. The van der Waals surface area contributed by atoms with Crippen LogP contribution in [0.3, 0.4) is 0 Å². The van der Waals surface area contributed by atoms with Crippen molar-refractivity contribution in [2.75, 3.05) is 23.0 Å².